The molecule has 2 atom stereocenters. The molecule has 138 valence electrons. The van der Waals surface area contributed by atoms with Gasteiger partial charge in [-0.1, -0.05) is 12.8 Å². The minimum atomic E-state index is -0.0998. The molecule has 2 amide bonds. The number of hydrogen-bond donors (Lipinski definition) is 2. The quantitative estimate of drug-likeness (QED) is 0.855. The second kappa shape index (κ2) is 6.94. The van der Waals surface area contributed by atoms with Crippen LogP contribution in [-0.2, 0) is 24.2 Å². The molecular formula is C18H29N5O2. The number of nitrogens with one attached hydrogen (secondary N) is 2. The van der Waals surface area contributed by atoms with E-state index in [-0.39, 0.29) is 17.5 Å². The lowest BCUT2D eigenvalue weighted by Gasteiger charge is -2.60. The maximum Gasteiger partial charge on any atom is 0.315 e. The van der Waals surface area contributed by atoms with Crippen molar-refractivity contribution in [2.75, 3.05) is 6.61 Å². The molecule has 2 heterocycles. The van der Waals surface area contributed by atoms with Gasteiger partial charge in [0.15, 0.2) is 5.82 Å². The molecule has 3 aliphatic rings. The molecule has 7 nitrogen and oxygen atoms in total. The predicted molar refractivity (Wildman–Crippen MR) is 93.1 cm³/mol. The minimum absolute atomic E-state index is 0.0998. The number of rotatable bonds is 5. The van der Waals surface area contributed by atoms with Gasteiger partial charge >= 0.3 is 6.03 Å². The van der Waals surface area contributed by atoms with Crippen LogP contribution in [0.3, 0.4) is 0 Å². The maximum atomic E-state index is 12.3. The second-order valence-electron chi connectivity index (χ2n) is 7.64. The first-order valence-electron chi connectivity index (χ1n) is 9.80. The van der Waals surface area contributed by atoms with Crippen molar-refractivity contribution in [1.29, 1.82) is 0 Å². The van der Waals surface area contributed by atoms with E-state index in [0.717, 1.165) is 44.1 Å². The fraction of sp³-hybridized carbons (Fsp3) is 0.833. The van der Waals surface area contributed by atoms with Crippen LogP contribution in [0.15, 0.2) is 0 Å². The molecule has 0 bridgehead atoms. The normalized spacial score (nSPS) is 26.9. The molecule has 7 heteroatoms. The van der Waals surface area contributed by atoms with Crippen LogP contribution in [-0.4, -0.2) is 39.5 Å². The minimum Gasteiger partial charge on any atom is -0.378 e. The molecule has 25 heavy (non-hydrogen) atoms. The monoisotopic (exact) mass is 347 g/mol. The molecule has 1 spiro atoms. The van der Waals surface area contributed by atoms with E-state index < -0.39 is 0 Å². The molecule has 2 aliphatic carbocycles. The van der Waals surface area contributed by atoms with E-state index in [2.05, 4.69) is 25.4 Å². The lowest BCUT2D eigenvalue weighted by Crippen LogP contribution is -2.68. The second-order valence-corrected chi connectivity index (χ2v) is 7.64. The van der Waals surface area contributed by atoms with Crippen molar-refractivity contribution >= 4 is 6.03 Å². The number of carbonyl (C=O) groups excluding carboxylic acids is 1. The van der Waals surface area contributed by atoms with E-state index in [0.29, 0.717) is 12.6 Å². The molecule has 0 radical (unpaired) electrons. The highest BCUT2D eigenvalue weighted by molar-refractivity contribution is 5.74. The highest BCUT2D eigenvalue weighted by Gasteiger charge is 2.59. The Morgan fingerprint density at radius 2 is 2.16 bits per heavy atom. The van der Waals surface area contributed by atoms with Gasteiger partial charge in [0.1, 0.15) is 5.82 Å². The van der Waals surface area contributed by atoms with Crippen LogP contribution in [0, 0.1) is 5.41 Å². The van der Waals surface area contributed by atoms with Crippen molar-refractivity contribution in [3.05, 3.63) is 11.6 Å². The zero-order valence-electron chi connectivity index (χ0n) is 15.1. The average Bonchev–Trinajstić information content (AvgIpc) is 2.77. The zero-order valence-corrected chi connectivity index (χ0v) is 15.1. The summed E-state index contributed by atoms with van der Waals surface area (Å²) in [5.74, 6) is 1.92. The maximum absolute atomic E-state index is 12.3. The summed E-state index contributed by atoms with van der Waals surface area (Å²) in [6, 6.07) is 0.144. The Balaban J connectivity index is 1.30. The molecule has 1 aromatic heterocycles. The number of carbonyl (C=O) groups is 1. The van der Waals surface area contributed by atoms with Crippen molar-refractivity contribution in [3.8, 4) is 0 Å². The average molecular weight is 347 g/mol. The first-order valence-corrected chi connectivity index (χ1v) is 9.80. The summed E-state index contributed by atoms with van der Waals surface area (Å²) in [5, 5.41) is 14.7. The first-order chi connectivity index (χ1) is 12.2. The molecule has 0 saturated heterocycles. The van der Waals surface area contributed by atoms with Gasteiger partial charge < -0.3 is 19.9 Å². The number of fused-ring (bicyclic) bond motifs is 1. The van der Waals surface area contributed by atoms with Gasteiger partial charge in [0.05, 0.1) is 12.6 Å². The molecule has 0 aromatic carbocycles. The van der Waals surface area contributed by atoms with Crippen LogP contribution in [0.5, 0.6) is 0 Å². The molecule has 1 aliphatic heterocycles. The Morgan fingerprint density at radius 1 is 1.28 bits per heavy atom. The topological polar surface area (TPSA) is 81.1 Å². The Kier molecular flexibility index (Phi) is 4.67. The third-order valence-electron chi connectivity index (χ3n) is 6.34. The number of amides is 2. The number of aromatic nitrogens is 3. The van der Waals surface area contributed by atoms with Crippen LogP contribution in [0.1, 0.15) is 63.5 Å². The third-order valence-corrected chi connectivity index (χ3v) is 6.34. The molecular weight excluding hydrogens is 318 g/mol. The summed E-state index contributed by atoms with van der Waals surface area (Å²) in [4.78, 5) is 12.3. The smallest absolute Gasteiger partial charge is 0.315 e. The number of nitrogens with zero attached hydrogens (tertiary/aromatic N) is 3. The number of ether oxygens (including phenoxy) is 1. The Labute approximate surface area is 148 Å². The van der Waals surface area contributed by atoms with Crippen molar-refractivity contribution in [1.82, 2.24) is 25.4 Å². The molecule has 0 unspecified atom stereocenters. The van der Waals surface area contributed by atoms with Gasteiger partial charge in [0.25, 0.3) is 0 Å². The van der Waals surface area contributed by atoms with E-state index in [1.807, 2.05) is 6.92 Å². The Hall–Kier alpha value is -1.63. The lowest BCUT2D eigenvalue weighted by molar-refractivity contribution is -0.169. The highest BCUT2D eigenvalue weighted by Crippen LogP contribution is 2.57. The predicted octanol–water partition coefficient (Wildman–Crippen LogP) is 2.15. The van der Waals surface area contributed by atoms with Crippen LogP contribution in [0.2, 0.25) is 0 Å². The van der Waals surface area contributed by atoms with E-state index in [1.54, 1.807) is 0 Å². The fourth-order valence-corrected chi connectivity index (χ4v) is 4.69. The van der Waals surface area contributed by atoms with Crippen molar-refractivity contribution in [3.63, 3.8) is 0 Å². The SMILES string of the molecule is CCO[C@H]1C[C@@H](NC(=O)NCc2nnc3n2CCCCC3)C12CCC2. The first kappa shape index (κ1) is 16.8. The number of aryl methyl sites for hydroxylation is 1. The Bertz CT molecular complexity index is 625. The van der Waals surface area contributed by atoms with Gasteiger partial charge in [-0.3, -0.25) is 0 Å². The van der Waals surface area contributed by atoms with Crippen molar-refractivity contribution in [2.24, 2.45) is 5.41 Å². The summed E-state index contributed by atoms with van der Waals surface area (Å²) in [6.45, 7) is 4.20. The van der Waals surface area contributed by atoms with Gasteiger partial charge in [-0.2, -0.15) is 0 Å². The van der Waals surface area contributed by atoms with E-state index in [1.165, 1.54) is 32.1 Å². The van der Waals surface area contributed by atoms with Gasteiger partial charge in [0, 0.05) is 31.0 Å². The summed E-state index contributed by atoms with van der Waals surface area (Å²) in [5.41, 5.74) is 0.194. The number of hydrogen-bond acceptors (Lipinski definition) is 4. The Morgan fingerprint density at radius 3 is 2.92 bits per heavy atom. The van der Waals surface area contributed by atoms with Crippen LogP contribution >= 0.6 is 0 Å². The fourth-order valence-electron chi connectivity index (χ4n) is 4.69. The van der Waals surface area contributed by atoms with Gasteiger partial charge in [-0.25, -0.2) is 4.79 Å². The van der Waals surface area contributed by atoms with Gasteiger partial charge in [-0.15, -0.1) is 10.2 Å². The molecule has 1 aromatic rings. The van der Waals surface area contributed by atoms with E-state index in [4.69, 9.17) is 4.74 Å². The lowest BCUT2D eigenvalue weighted by atomic mass is 9.51. The number of urea groups is 1. The summed E-state index contributed by atoms with van der Waals surface area (Å²) >= 11 is 0. The van der Waals surface area contributed by atoms with E-state index in [9.17, 15) is 4.79 Å². The van der Waals surface area contributed by atoms with Crippen molar-refractivity contribution < 1.29 is 9.53 Å². The zero-order chi connectivity index (χ0) is 17.3. The summed E-state index contributed by atoms with van der Waals surface area (Å²) in [7, 11) is 0. The third kappa shape index (κ3) is 3.03. The molecule has 2 N–H and O–H groups in total. The summed E-state index contributed by atoms with van der Waals surface area (Å²) in [6.07, 6.45) is 9.40. The molecule has 2 fully saturated rings. The molecule has 2 saturated carbocycles. The van der Waals surface area contributed by atoms with Crippen LogP contribution in [0.4, 0.5) is 4.79 Å². The largest absolute Gasteiger partial charge is 0.378 e. The van der Waals surface area contributed by atoms with E-state index >= 15 is 0 Å². The highest BCUT2D eigenvalue weighted by atomic mass is 16.5. The van der Waals surface area contributed by atoms with Crippen LogP contribution in [0.25, 0.3) is 0 Å². The standard InChI is InChI=1S/C18H29N5O2/c1-2-25-14-11-13(18(14)8-6-9-18)20-17(24)19-12-16-22-21-15-7-4-3-5-10-23(15)16/h13-14H,2-12H2,1H3,(H2,19,20,24)/t13-,14+/m1/s1. The summed E-state index contributed by atoms with van der Waals surface area (Å²) < 4.78 is 8.02. The van der Waals surface area contributed by atoms with Gasteiger partial charge in [-0.05, 0) is 39.0 Å². The van der Waals surface area contributed by atoms with Gasteiger partial charge in [0.2, 0.25) is 0 Å². The molecule has 4 rings (SSSR count). The van der Waals surface area contributed by atoms with Crippen molar-refractivity contribution in [2.45, 2.75) is 83.5 Å². The van der Waals surface area contributed by atoms with Crippen LogP contribution < -0.4 is 10.6 Å².